The molecule has 0 bridgehead atoms. The van der Waals surface area contributed by atoms with Crippen LogP contribution in [0, 0.1) is 11.8 Å². The van der Waals surface area contributed by atoms with Crippen LogP contribution in [0.25, 0.3) is 0 Å². The summed E-state index contributed by atoms with van der Waals surface area (Å²) in [6.45, 7) is 3.39. The number of carboxylic acid groups (broad SMARTS) is 2. The van der Waals surface area contributed by atoms with Crippen LogP contribution in [-0.4, -0.2) is 41.0 Å². The van der Waals surface area contributed by atoms with E-state index in [4.69, 9.17) is 10.2 Å². The van der Waals surface area contributed by atoms with Crippen molar-refractivity contribution in [2.75, 3.05) is 0 Å². The molecule has 0 aliphatic heterocycles. The number of rotatable bonds is 6. The molecule has 0 aromatic rings. The van der Waals surface area contributed by atoms with Crippen molar-refractivity contribution in [1.29, 1.82) is 0 Å². The van der Waals surface area contributed by atoms with E-state index in [2.05, 4.69) is 0 Å². The van der Waals surface area contributed by atoms with Gasteiger partial charge in [0, 0.05) is 18.9 Å². The number of aliphatic carboxylic acids is 2. The minimum atomic E-state index is -1.04. The van der Waals surface area contributed by atoms with Gasteiger partial charge in [-0.05, 0) is 6.42 Å². The number of carboxylic acids is 2. The molecule has 0 saturated heterocycles. The predicted octanol–water partition coefficient (Wildman–Crippen LogP) is 1.22. The zero-order valence-corrected chi connectivity index (χ0v) is 8.99. The molecule has 14 heavy (non-hydrogen) atoms. The molecular formula is C9H16LiO4. The molecule has 2 unspecified atom stereocenters. The molecule has 0 aromatic heterocycles. The first-order valence-corrected chi connectivity index (χ1v) is 4.46. The van der Waals surface area contributed by atoms with Gasteiger partial charge in [-0.2, -0.15) is 0 Å². The average molecular weight is 195 g/mol. The second kappa shape index (κ2) is 7.90. The Labute approximate surface area is 95.9 Å². The summed E-state index contributed by atoms with van der Waals surface area (Å²) in [6.07, 6.45) is 2.09. The van der Waals surface area contributed by atoms with Crippen LogP contribution in [0.5, 0.6) is 0 Å². The van der Waals surface area contributed by atoms with E-state index in [0.29, 0.717) is 6.42 Å². The van der Waals surface area contributed by atoms with Crippen molar-refractivity contribution in [3.05, 3.63) is 0 Å². The second-order valence-electron chi connectivity index (χ2n) is 3.21. The first-order chi connectivity index (χ1) is 6.00. The maximum atomic E-state index is 10.7. The fourth-order valence-corrected chi connectivity index (χ4v) is 1.18. The summed E-state index contributed by atoms with van der Waals surface area (Å²) in [7, 11) is 0. The van der Waals surface area contributed by atoms with Gasteiger partial charge in [0.15, 0.2) is 0 Å². The van der Waals surface area contributed by atoms with Gasteiger partial charge in [0.1, 0.15) is 0 Å². The molecule has 0 aliphatic rings. The van der Waals surface area contributed by atoms with Crippen molar-refractivity contribution < 1.29 is 19.8 Å². The Morgan fingerprint density at radius 1 is 1.21 bits per heavy atom. The molecule has 5 heteroatoms. The van der Waals surface area contributed by atoms with E-state index < -0.39 is 23.8 Å². The van der Waals surface area contributed by atoms with Gasteiger partial charge in [-0.15, -0.1) is 0 Å². The van der Waals surface area contributed by atoms with Crippen molar-refractivity contribution >= 4 is 30.8 Å². The molecule has 77 valence electrons. The van der Waals surface area contributed by atoms with Gasteiger partial charge in [-0.1, -0.05) is 26.7 Å². The molecule has 0 heterocycles. The normalized spacial score (nSPS) is 13.9. The summed E-state index contributed by atoms with van der Waals surface area (Å²) in [4.78, 5) is 21.2. The quantitative estimate of drug-likeness (QED) is 0.625. The summed E-state index contributed by atoms with van der Waals surface area (Å²) in [5, 5.41) is 17.4. The molecule has 0 spiro atoms. The smallest absolute Gasteiger partial charge is 0.307 e. The Hall–Kier alpha value is -0.463. The van der Waals surface area contributed by atoms with Crippen LogP contribution in [0.3, 0.4) is 0 Å². The fourth-order valence-electron chi connectivity index (χ4n) is 1.18. The van der Waals surface area contributed by atoms with E-state index in [1.807, 2.05) is 6.92 Å². The number of hydrogen-bond donors (Lipinski definition) is 2. The second-order valence-corrected chi connectivity index (χ2v) is 3.21. The van der Waals surface area contributed by atoms with Gasteiger partial charge < -0.3 is 10.2 Å². The van der Waals surface area contributed by atoms with Gasteiger partial charge in [0.2, 0.25) is 0 Å². The Balaban J connectivity index is 0. The van der Waals surface area contributed by atoms with E-state index in [-0.39, 0.29) is 18.9 Å². The van der Waals surface area contributed by atoms with Crippen LogP contribution in [0.4, 0.5) is 0 Å². The maximum absolute atomic E-state index is 10.7. The fraction of sp³-hybridized carbons (Fsp3) is 0.778. The van der Waals surface area contributed by atoms with E-state index in [1.165, 1.54) is 6.92 Å². The van der Waals surface area contributed by atoms with Gasteiger partial charge in [0.05, 0.1) is 11.8 Å². The summed E-state index contributed by atoms with van der Waals surface area (Å²) >= 11 is 0. The molecule has 0 rings (SSSR count). The first kappa shape index (κ1) is 16.0. The van der Waals surface area contributed by atoms with Crippen LogP contribution in [0.2, 0.25) is 0 Å². The summed E-state index contributed by atoms with van der Waals surface area (Å²) in [6, 6.07) is 0. The Morgan fingerprint density at radius 3 is 2.00 bits per heavy atom. The summed E-state index contributed by atoms with van der Waals surface area (Å²) in [5.41, 5.74) is 0. The van der Waals surface area contributed by atoms with Gasteiger partial charge in [-0.25, -0.2) is 0 Å². The van der Waals surface area contributed by atoms with E-state index in [9.17, 15) is 9.59 Å². The van der Waals surface area contributed by atoms with Gasteiger partial charge in [0.25, 0.3) is 0 Å². The molecule has 0 aromatic carbocycles. The zero-order valence-electron chi connectivity index (χ0n) is 8.99. The topological polar surface area (TPSA) is 74.6 Å². The number of unbranched alkanes of at least 4 members (excludes halogenated alkanes) is 1. The molecule has 0 aliphatic carbocycles. The molecule has 2 atom stereocenters. The van der Waals surface area contributed by atoms with Crippen molar-refractivity contribution in [3.63, 3.8) is 0 Å². The molecule has 2 N–H and O–H groups in total. The molecule has 0 saturated carbocycles. The van der Waals surface area contributed by atoms with E-state index in [0.717, 1.165) is 12.8 Å². The summed E-state index contributed by atoms with van der Waals surface area (Å²) < 4.78 is 0. The largest absolute Gasteiger partial charge is 0.481 e. The third kappa shape index (κ3) is 5.31. The Morgan fingerprint density at radius 2 is 1.71 bits per heavy atom. The van der Waals surface area contributed by atoms with Crippen LogP contribution >= 0.6 is 0 Å². The SMILES string of the molecule is CCCCC(C(=O)O)C(C)C(=O)O.[Li]. The average Bonchev–Trinajstić information content (AvgIpc) is 2.04. The monoisotopic (exact) mass is 195 g/mol. The third-order valence-corrected chi connectivity index (χ3v) is 2.18. The Bertz CT molecular complexity index is 193. The third-order valence-electron chi connectivity index (χ3n) is 2.18. The Kier molecular flexibility index (Phi) is 9.02. The van der Waals surface area contributed by atoms with Crippen LogP contribution < -0.4 is 0 Å². The minimum absolute atomic E-state index is 0. The molecular weight excluding hydrogens is 179 g/mol. The number of hydrogen-bond acceptors (Lipinski definition) is 2. The van der Waals surface area contributed by atoms with Crippen LogP contribution in [-0.2, 0) is 9.59 Å². The van der Waals surface area contributed by atoms with Crippen molar-refractivity contribution in [2.45, 2.75) is 33.1 Å². The van der Waals surface area contributed by atoms with E-state index >= 15 is 0 Å². The minimum Gasteiger partial charge on any atom is -0.481 e. The van der Waals surface area contributed by atoms with Crippen molar-refractivity contribution in [3.8, 4) is 0 Å². The maximum Gasteiger partial charge on any atom is 0.307 e. The van der Waals surface area contributed by atoms with Gasteiger partial charge >= 0.3 is 11.9 Å². The molecule has 0 fully saturated rings. The predicted molar refractivity (Wildman–Crippen MR) is 53.2 cm³/mol. The van der Waals surface area contributed by atoms with Crippen molar-refractivity contribution in [1.82, 2.24) is 0 Å². The molecule has 4 nitrogen and oxygen atoms in total. The number of carbonyl (C=O) groups is 2. The van der Waals surface area contributed by atoms with Crippen molar-refractivity contribution in [2.24, 2.45) is 11.8 Å². The summed E-state index contributed by atoms with van der Waals surface area (Å²) in [5.74, 6) is -3.60. The molecule has 0 amide bonds. The molecule has 1 radical (unpaired) electrons. The van der Waals surface area contributed by atoms with E-state index in [1.54, 1.807) is 0 Å². The van der Waals surface area contributed by atoms with Crippen LogP contribution in [0.1, 0.15) is 33.1 Å². The zero-order chi connectivity index (χ0) is 10.4. The standard InChI is InChI=1S/C9H16O4.Li/c1-3-4-5-7(9(12)13)6(2)8(10)11;/h6-7H,3-5H2,1-2H3,(H,10,11)(H,12,13);. The van der Waals surface area contributed by atoms with Crippen LogP contribution in [0.15, 0.2) is 0 Å². The first-order valence-electron chi connectivity index (χ1n) is 4.46. The van der Waals surface area contributed by atoms with Gasteiger partial charge in [-0.3, -0.25) is 9.59 Å².